The highest BCUT2D eigenvalue weighted by molar-refractivity contribution is 5.90. The SMILES string of the molecule is O=C(NCC1(O)CCCCC1)c1n[nH]c(=O)[nH]1. The average molecular weight is 240 g/mol. The minimum Gasteiger partial charge on any atom is -0.388 e. The summed E-state index contributed by atoms with van der Waals surface area (Å²) in [5.74, 6) is -0.545. The van der Waals surface area contributed by atoms with Crippen LogP contribution in [0.4, 0.5) is 0 Å². The van der Waals surface area contributed by atoms with Crippen LogP contribution in [0, 0.1) is 0 Å². The van der Waals surface area contributed by atoms with Gasteiger partial charge in [-0.25, -0.2) is 9.89 Å². The molecule has 4 N–H and O–H groups in total. The molecule has 1 saturated carbocycles. The maximum absolute atomic E-state index is 11.6. The summed E-state index contributed by atoms with van der Waals surface area (Å²) in [6.45, 7) is 0.195. The summed E-state index contributed by atoms with van der Waals surface area (Å²) in [4.78, 5) is 24.6. The summed E-state index contributed by atoms with van der Waals surface area (Å²) in [5.41, 5.74) is -1.34. The van der Waals surface area contributed by atoms with Gasteiger partial charge in [-0.2, -0.15) is 0 Å². The minimum absolute atomic E-state index is 0.0607. The largest absolute Gasteiger partial charge is 0.388 e. The van der Waals surface area contributed by atoms with E-state index in [0.717, 1.165) is 19.3 Å². The second-order valence-corrected chi connectivity index (χ2v) is 4.49. The topological polar surface area (TPSA) is 111 Å². The Kier molecular flexibility index (Phi) is 3.28. The van der Waals surface area contributed by atoms with Crippen LogP contribution in [0.25, 0.3) is 0 Å². The maximum Gasteiger partial charge on any atom is 0.341 e. The third kappa shape index (κ3) is 2.94. The molecule has 0 radical (unpaired) electrons. The van der Waals surface area contributed by atoms with Gasteiger partial charge in [0.1, 0.15) is 0 Å². The van der Waals surface area contributed by atoms with Gasteiger partial charge in [-0.3, -0.25) is 9.78 Å². The molecule has 1 aliphatic carbocycles. The highest BCUT2D eigenvalue weighted by Crippen LogP contribution is 2.27. The van der Waals surface area contributed by atoms with Crippen LogP contribution in [0.5, 0.6) is 0 Å². The first-order chi connectivity index (χ1) is 8.09. The fourth-order valence-electron chi connectivity index (χ4n) is 2.09. The molecule has 94 valence electrons. The molecular weight excluding hydrogens is 224 g/mol. The molecule has 1 amide bonds. The number of nitrogens with zero attached hydrogens (tertiary/aromatic N) is 1. The zero-order chi connectivity index (χ0) is 12.3. The van der Waals surface area contributed by atoms with Crippen LogP contribution in [-0.4, -0.2) is 38.3 Å². The molecule has 17 heavy (non-hydrogen) atoms. The van der Waals surface area contributed by atoms with Crippen LogP contribution in [0.1, 0.15) is 42.7 Å². The van der Waals surface area contributed by atoms with Crippen molar-refractivity contribution >= 4 is 5.91 Å². The Balaban J connectivity index is 1.89. The van der Waals surface area contributed by atoms with E-state index >= 15 is 0 Å². The molecule has 0 atom stereocenters. The number of carbonyl (C=O) groups is 1. The van der Waals surface area contributed by atoms with Crippen molar-refractivity contribution in [3.8, 4) is 0 Å². The van der Waals surface area contributed by atoms with Crippen LogP contribution >= 0.6 is 0 Å². The molecule has 1 fully saturated rings. The van der Waals surface area contributed by atoms with E-state index in [9.17, 15) is 14.7 Å². The molecule has 2 rings (SSSR count). The Morgan fingerprint density at radius 1 is 1.41 bits per heavy atom. The zero-order valence-electron chi connectivity index (χ0n) is 9.45. The number of H-pyrrole nitrogens is 2. The Labute approximate surface area is 97.6 Å². The van der Waals surface area contributed by atoms with Crippen LogP contribution in [0.15, 0.2) is 4.79 Å². The third-order valence-electron chi connectivity index (χ3n) is 3.08. The monoisotopic (exact) mass is 240 g/mol. The quantitative estimate of drug-likeness (QED) is 0.572. The predicted octanol–water partition coefficient (Wildman–Crippen LogP) is -0.477. The summed E-state index contributed by atoms with van der Waals surface area (Å²) in [6, 6.07) is 0. The van der Waals surface area contributed by atoms with Crippen molar-refractivity contribution in [1.82, 2.24) is 20.5 Å². The van der Waals surface area contributed by atoms with Crippen molar-refractivity contribution in [1.29, 1.82) is 0 Å². The lowest BCUT2D eigenvalue weighted by atomic mass is 9.85. The molecule has 0 spiro atoms. The summed E-state index contributed by atoms with van der Waals surface area (Å²) in [6.07, 6.45) is 4.48. The second kappa shape index (κ2) is 4.70. The van der Waals surface area contributed by atoms with Crippen LogP contribution in [-0.2, 0) is 0 Å². The van der Waals surface area contributed by atoms with E-state index in [1.165, 1.54) is 0 Å². The first-order valence-corrected chi connectivity index (χ1v) is 5.74. The van der Waals surface area contributed by atoms with Crippen LogP contribution in [0.3, 0.4) is 0 Å². The van der Waals surface area contributed by atoms with Gasteiger partial charge in [-0.15, -0.1) is 5.10 Å². The van der Waals surface area contributed by atoms with E-state index in [2.05, 4.69) is 20.5 Å². The number of nitrogens with one attached hydrogen (secondary N) is 3. The Bertz CT molecular complexity index is 444. The zero-order valence-corrected chi connectivity index (χ0v) is 9.45. The highest BCUT2D eigenvalue weighted by atomic mass is 16.3. The fraction of sp³-hybridized carbons (Fsp3) is 0.700. The van der Waals surface area contributed by atoms with Crippen molar-refractivity contribution in [3.63, 3.8) is 0 Å². The molecule has 0 saturated heterocycles. The lowest BCUT2D eigenvalue weighted by Crippen LogP contribution is -2.44. The van der Waals surface area contributed by atoms with E-state index in [1.54, 1.807) is 0 Å². The van der Waals surface area contributed by atoms with E-state index < -0.39 is 17.2 Å². The van der Waals surface area contributed by atoms with E-state index in [1.807, 2.05) is 0 Å². The number of hydrogen-bond acceptors (Lipinski definition) is 4. The Morgan fingerprint density at radius 3 is 2.71 bits per heavy atom. The first kappa shape index (κ1) is 11.8. The fourth-order valence-corrected chi connectivity index (χ4v) is 2.09. The summed E-state index contributed by atoms with van der Waals surface area (Å²) >= 11 is 0. The third-order valence-corrected chi connectivity index (χ3v) is 3.08. The normalized spacial score (nSPS) is 18.9. The van der Waals surface area contributed by atoms with Crippen molar-refractivity contribution in [2.24, 2.45) is 0 Å². The van der Waals surface area contributed by atoms with Crippen molar-refractivity contribution in [3.05, 3.63) is 16.3 Å². The summed E-state index contributed by atoms with van der Waals surface area (Å²) < 4.78 is 0. The molecule has 7 heteroatoms. The van der Waals surface area contributed by atoms with Crippen LogP contribution in [0.2, 0.25) is 0 Å². The molecule has 0 aliphatic heterocycles. The molecule has 1 aromatic heterocycles. The smallest absolute Gasteiger partial charge is 0.341 e. The number of aromatic amines is 2. The standard InChI is InChI=1S/C10H16N4O3/c15-8(7-12-9(16)14-13-7)11-6-10(17)4-2-1-3-5-10/h17H,1-6H2,(H,11,15)(H2,12,13,14,16). The van der Waals surface area contributed by atoms with Crippen molar-refractivity contribution in [2.45, 2.75) is 37.7 Å². The Morgan fingerprint density at radius 2 is 2.12 bits per heavy atom. The average Bonchev–Trinajstić information content (AvgIpc) is 2.74. The molecule has 0 bridgehead atoms. The molecule has 0 unspecified atom stereocenters. The van der Waals surface area contributed by atoms with Gasteiger partial charge in [0.05, 0.1) is 5.60 Å². The lowest BCUT2D eigenvalue weighted by molar-refractivity contribution is 0.00516. The number of amides is 1. The van der Waals surface area contributed by atoms with E-state index in [0.29, 0.717) is 12.8 Å². The van der Waals surface area contributed by atoms with Crippen molar-refractivity contribution < 1.29 is 9.90 Å². The Hall–Kier alpha value is -1.63. The molecular formula is C10H16N4O3. The van der Waals surface area contributed by atoms with E-state index in [-0.39, 0.29) is 12.4 Å². The molecule has 7 nitrogen and oxygen atoms in total. The van der Waals surface area contributed by atoms with Gasteiger partial charge < -0.3 is 10.4 Å². The molecule has 0 aromatic carbocycles. The van der Waals surface area contributed by atoms with Crippen LogP contribution < -0.4 is 11.0 Å². The number of aliphatic hydroxyl groups is 1. The van der Waals surface area contributed by atoms with Gasteiger partial charge in [0, 0.05) is 6.54 Å². The van der Waals surface area contributed by atoms with Gasteiger partial charge in [-0.05, 0) is 12.8 Å². The predicted molar refractivity (Wildman–Crippen MR) is 59.6 cm³/mol. The number of rotatable bonds is 3. The molecule has 1 aromatic rings. The van der Waals surface area contributed by atoms with E-state index in [4.69, 9.17) is 0 Å². The van der Waals surface area contributed by atoms with Gasteiger partial charge in [0.25, 0.3) is 5.91 Å². The van der Waals surface area contributed by atoms with Gasteiger partial charge in [0.15, 0.2) is 0 Å². The first-order valence-electron chi connectivity index (χ1n) is 5.74. The summed E-state index contributed by atoms with van der Waals surface area (Å²) in [5, 5.41) is 18.4. The minimum atomic E-state index is -0.815. The molecule has 1 heterocycles. The number of aromatic nitrogens is 3. The lowest BCUT2D eigenvalue weighted by Gasteiger charge is -2.31. The number of carbonyl (C=O) groups excluding carboxylic acids is 1. The second-order valence-electron chi connectivity index (χ2n) is 4.49. The van der Waals surface area contributed by atoms with Crippen molar-refractivity contribution in [2.75, 3.05) is 6.54 Å². The number of hydrogen-bond donors (Lipinski definition) is 4. The summed E-state index contributed by atoms with van der Waals surface area (Å²) in [7, 11) is 0. The van der Waals surface area contributed by atoms with Gasteiger partial charge >= 0.3 is 5.69 Å². The van der Waals surface area contributed by atoms with Gasteiger partial charge in [-0.1, -0.05) is 19.3 Å². The maximum atomic E-state index is 11.6. The highest BCUT2D eigenvalue weighted by Gasteiger charge is 2.29. The molecule has 1 aliphatic rings. The van der Waals surface area contributed by atoms with Gasteiger partial charge in [0.2, 0.25) is 5.82 Å².